The minimum atomic E-state index is 0.230. The summed E-state index contributed by atoms with van der Waals surface area (Å²) in [6, 6.07) is 3.84. The molecule has 72 valence electrons. The van der Waals surface area contributed by atoms with Crippen molar-refractivity contribution < 1.29 is 4.74 Å². The standard InChI is InChI=1S/C10H14BrNO/c1-4-7(2)13-10-6-5-9(11)8(3)12-10/h5-7H,4H2,1-3H3/t7-/m1/s1. The van der Waals surface area contributed by atoms with Crippen LogP contribution in [0.15, 0.2) is 16.6 Å². The molecule has 0 aromatic carbocycles. The number of rotatable bonds is 3. The summed E-state index contributed by atoms with van der Waals surface area (Å²) in [6.07, 6.45) is 1.23. The van der Waals surface area contributed by atoms with Crippen LogP contribution in [-0.2, 0) is 0 Å². The van der Waals surface area contributed by atoms with Crippen LogP contribution in [0.2, 0.25) is 0 Å². The molecule has 13 heavy (non-hydrogen) atoms. The van der Waals surface area contributed by atoms with E-state index in [2.05, 4.69) is 27.8 Å². The van der Waals surface area contributed by atoms with Crippen molar-refractivity contribution in [3.05, 3.63) is 22.3 Å². The number of nitrogens with zero attached hydrogens (tertiary/aromatic N) is 1. The molecule has 2 nitrogen and oxygen atoms in total. The molecule has 1 rings (SSSR count). The van der Waals surface area contributed by atoms with E-state index in [1.807, 2.05) is 26.0 Å². The van der Waals surface area contributed by atoms with Gasteiger partial charge >= 0.3 is 0 Å². The lowest BCUT2D eigenvalue weighted by Crippen LogP contribution is -2.10. The molecular weight excluding hydrogens is 230 g/mol. The molecule has 0 unspecified atom stereocenters. The lowest BCUT2D eigenvalue weighted by atomic mass is 10.3. The van der Waals surface area contributed by atoms with E-state index in [0.29, 0.717) is 5.88 Å². The van der Waals surface area contributed by atoms with Gasteiger partial charge in [0.2, 0.25) is 5.88 Å². The molecule has 0 fully saturated rings. The summed E-state index contributed by atoms with van der Waals surface area (Å²) in [4.78, 5) is 4.29. The Balaban J connectivity index is 2.73. The summed E-state index contributed by atoms with van der Waals surface area (Å²) in [5.41, 5.74) is 0.959. The Hall–Kier alpha value is -0.570. The fraction of sp³-hybridized carbons (Fsp3) is 0.500. The van der Waals surface area contributed by atoms with E-state index in [9.17, 15) is 0 Å². The largest absolute Gasteiger partial charge is 0.475 e. The summed E-state index contributed by atoms with van der Waals surface area (Å²) in [5, 5.41) is 0. The first-order valence-corrected chi connectivity index (χ1v) is 5.22. The molecule has 0 spiro atoms. The molecule has 0 saturated carbocycles. The second-order valence-corrected chi connectivity index (χ2v) is 3.91. The molecule has 0 aliphatic carbocycles. The smallest absolute Gasteiger partial charge is 0.213 e. The molecule has 3 heteroatoms. The van der Waals surface area contributed by atoms with Crippen LogP contribution < -0.4 is 4.74 Å². The molecule has 0 radical (unpaired) electrons. The first-order chi connectivity index (χ1) is 6.13. The number of hydrogen-bond acceptors (Lipinski definition) is 2. The predicted molar refractivity (Wildman–Crippen MR) is 57.1 cm³/mol. The molecule has 0 bridgehead atoms. The van der Waals surface area contributed by atoms with Gasteiger partial charge in [-0.2, -0.15) is 0 Å². The molecule has 0 amide bonds. The van der Waals surface area contributed by atoms with E-state index in [1.54, 1.807) is 0 Å². The van der Waals surface area contributed by atoms with Crippen LogP contribution in [-0.4, -0.2) is 11.1 Å². The molecule has 0 saturated heterocycles. The lowest BCUT2D eigenvalue weighted by Gasteiger charge is -2.11. The Morgan fingerprint density at radius 3 is 2.77 bits per heavy atom. The van der Waals surface area contributed by atoms with Gasteiger partial charge in [-0.1, -0.05) is 6.92 Å². The van der Waals surface area contributed by atoms with Crippen molar-refractivity contribution in [3.63, 3.8) is 0 Å². The molecule has 1 aromatic heterocycles. The van der Waals surface area contributed by atoms with Gasteiger partial charge in [0.15, 0.2) is 0 Å². The highest BCUT2D eigenvalue weighted by Crippen LogP contribution is 2.18. The number of aryl methyl sites for hydroxylation is 1. The molecule has 0 aliphatic heterocycles. The van der Waals surface area contributed by atoms with Gasteiger partial charge < -0.3 is 4.74 Å². The van der Waals surface area contributed by atoms with Crippen LogP contribution in [0.1, 0.15) is 26.0 Å². The van der Waals surface area contributed by atoms with E-state index in [-0.39, 0.29) is 6.10 Å². The summed E-state index contributed by atoms with van der Waals surface area (Å²) in [7, 11) is 0. The maximum Gasteiger partial charge on any atom is 0.213 e. The molecule has 1 atom stereocenters. The second-order valence-electron chi connectivity index (χ2n) is 3.05. The van der Waals surface area contributed by atoms with Gasteiger partial charge in [0.25, 0.3) is 0 Å². The highest BCUT2D eigenvalue weighted by molar-refractivity contribution is 9.10. The zero-order valence-electron chi connectivity index (χ0n) is 8.17. The van der Waals surface area contributed by atoms with Crippen molar-refractivity contribution >= 4 is 15.9 Å². The van der Waals surface area contributed by atoms with Gasteiger partial charge in [-0.05, 0) is 42.3 Å². The van der Waals surface area contributed by atoms with E-state index in [1.165, 1.54) is 0 Å². The quantitative estimate of drug-likeness (QED) is 0.813. The van der Waals surface area contributed by atoms with Crippen LogP contribution in [0.3, 0.4) is 0 Å². The van der Waals surface area contributed by atoms with Crippen LogP contribution in [0.25, 0.3) is 0 Å². The third-order valence-electron chi connectivity index (χ3n) is 1.89. The van der Waals surface area contributed by atoms with E-state index in [4.69, 9.17) is 4.74 Å². The van der Waals surface area contributed by atoms with Crippen LogP contribution in [0, 0.1) is 6.92 Å². The summed E-state index contributed by atoms with van der Waals surface area (Å²) in [6.45, 7) is 6.09. The third kappa shape index (κ3) is 2.99. The Bertz CT molecular complexity index is 288. The number of aromatic nitrogens is 1. The topological polar surface area (TPSA) is 22.1 Å². The van der Waals surface area contributed by atoms with Gasteiger partial charge in [0.05, 0.1) is 11.8 Å². The Morgan fingerprint density at radius 1 is 1.54 bits per heavy atom. The molecular formula is C10H14BrNO. The molecule has 0 aliphatic rings. The number of halogens is 1. The fourth-order valence-corrected chi connectivity index (χ4v) is 1.10. The fourth-order valence-electron chi connectivity index (χ4n) is 0.876. The number of pyridine rings is 1. The van der Waals surface area contributed by atoms with Crippen molar-refractivity contribution in [1.82, 2.24) is 4.98 Å². The maximum absolute atomic E-state index is 5.57. The van der Waals surface area contributed by atoms with E-state index in [0.717, 1.165) is 16.6 Å². The highest BCUT2D eigenvalue weighted by atomic mass is 79.9. The van der Waals surface area contributed by atoms with E-state index >= 15 is 0 Å². The first kappa shape index (κ1) is 10.5. The van der Waals surface area contributed by atoms with Crippen LogP contribution in [0.5, 0.6) is 5.88 Å². The number of ether oxygens (including phenoxy) is 1. The normalized spacial score (nSPS) is 12.6. The van der Waals surface area contributed by atoms with Crippen molar-refractivity contribution in [2.45, 2.75) is 33.3 Å². The summed E-state index contributed by atoms with van der Waals surface area (Å²) < 4.78 is 6.58. The maximum atomic E-state index is 5.57. The van der Waals surface area contributed by atoms with Gasteiger partial charge in [-0.25, -0.2) is 4.98 Å². The number of hydrogen-bond donors (Lipinski definition) is 0. The average molecular weight is 244 g/mol. The molecule has 1 aromatic rings. The molecule has 1 heterocycles. The van der Waals surface area contributed by atoms with Crippen LogP contribution in [0.4, 0.5) is 0 Å². The van der Waals surface area contributed by atoms with Gasteiger partial charge in [0, 0.05) is 10.5 Å². The average Bonchev–Trinajstić information content (AvgIpc) is 2.11. The Morgan fingerprint density at radius 2 is 2.23 bits per heavy atom. The Labute approximate surface area is 87.5 Å². The lowest BCUT2D eigenvalue weighted by molar-refractivity contribution is 0.208. The zero-order valence-corrected chi connectivity index (χ0v) is 9.76. The van der Waals surface area contributed by atoms with Crippen molar-refractivity contribution in [2.75, 3.05) is 0 Å². The molecule has 0 N–H and O–H groups in total. The second kappa shape index (κ2) is 4.61. The van der Waals surface area contributed by atoms with Gasteiger partial charge in [-0.15, -0.1) is 0 Å². The highest BCUT2D eigenvalue weighted by Gasteiger charge is 2.03. The summed E-state index contributed by atoms with van der Waals surface area (Å²) >= 11 is 3.39. The zero-order chi connectivity index (χ0) is 9.84. The van der Waals surface area contributed by atoms with Gasteiger partial charge in [0.1, 0.15) is 0 Å². The predicted octanol–water partition coefficient (Wildman–Crippen LogP) is 3.33. The minimum absolute atomic E-state index is 0.230. The van der Waals surface area contributed by atoms with Crippen molar-refractivity contribution in [2.24, 2.45) is 0 Å². The Kier molecular flexibility index (Phi) is 3.72. The third-order valence-corrected chi connectivity index (χ3v) is 2.73. The minimum Gasteiger partial charge on any atom is -0.475 e. The van der Waals surface area contributed by atoms with Crippen LogP contribution >= 0.6 is 15.9 Å². The SMILES string of the molecule is CC[C@@H](C)Oc1ccc(Br)c(C)n1. The van der Waals surface area contributed by atoms with Gasteiger partial charge in [-0.3, -0.25) is 0 Å². The van der Waals surface area contributed by atoms with Crippen molar-refractivity contribution in [3.8, 4) is 5.88 Å². The van der Waals surface area contributed by atoms with Crippen molar-refractivity contribution in [1.29, 1.82) is 0 Å². The first-order valence-electron chi connectivity index (χ1n) is 4.43. The monoisotopic (exact) mass is 243 g/mol. The summed E-state index contributed by atoms with van der Waals surface area (Å²) in [5.74, 6) is 0.704. The van der Waals surface area contributed by atoms with E-state index < -0.39 is 0 Å².